The van der Waals surface area contributed by atoms with Crippen LogP contribution < -0.4 is 9.79 Å². The van der Waals surface area contributed by atoms with Gasteiger partial charge in [0.05, 0.1) is 32.6 Å². The van der Waals surface area contributed by atoms with E-state index in [9.17, 15) is 24.6 Å². The SMILES string of the molecule is O=P([O-])([O-])OC[C@@H](O)[C@@H](O)c1cnc[nH]1. The first-order valence-electron chi connectivity index (χ1n) is 3.91. The van der Waals surface area contributed by atoms with Crippen molar-refractivity contribution in [1.29, 1.82) is 0 Å². The number of aromatic nitrogens is 2. The van der Waals surface area contributed by atoms with Gasteiger partial charge in [-0.05, 0) is 0 Å². The first-order valence-corrected chi connectivity index (χ1v) is 5.37. The normalized spacial score (nSPS) is 16.3. The Kier molecular flexibility index (Phi) is 3.97. The molecule has 0 saturated carbocycles. The molecule has 1 rings (SSSR count). The van der Waals surface area contributed by atoms with Crippen LogP contribution in [0.1, 0.15) is 11.8 Å². The molecule has 0 saturated heterocycles. The highest BCUT2D eigenvalue weighted by Gasteiger charge is 2.19. The third-order valence-corrected chi connectivity index (χ3v) is 2.07. The van der Waals surface area contributed by atoms with Crippen molar-refractivity contribution in [3.63, 3.8) is 0 Å². The van der Waals surface area contributed by atoms with Gasteiger partial charge in [-0.1, -0.05) is 0 Å². The third kappa shape index (κ3) is 4.08. The fraction of sp³-hybridized carbons (Fsp3) is 0.500. The van der Waals surface area contributed by atoms with Crippen LogP contribution in [-0.4, -0.2) is 32.9 Å². The molecule has 0 amide bonds. The maximum atomic E-state index is 10.1. The van der Waals surface area contributed by atoms with E-state index < -0.39 is 26.6 Å². The van der Waals surface area contributed by atoms with Crippen LogP contribution in [0, 0.1) is 0 Å². The summed E-state index contributed by atoms with van der Waals surface area (Å²) < 4.78 is 13.9. The van der Waals surface area contributed by atoms with E-state index in [1.165, 1.54) is 12.5 Å². The number of phosphoric acid groups is 1. The van der Waals surface area contributed by atoms with Gasteiger partial charge in [-0.15, -0.1) is 0 Å². The number of aromatic amines is 1. The summed E-state index contributed by atoms with van der Waals surface area (Å²) in [6.07, 6.45) is -0.388. The van der Waals surface area contributed by atoms with Crippen LogP contribution in [0.4, 0.5) is 0 Å². The topological polar surface area (TPSA) is 142 Å². The van der Waals surface area contributed by atoms with Crippen molar-refractivity contribution in [3.8, 4) is 0 Å². The van der Waals surface area contributed by atoms with E-state index >= 15 is 0 Å². The minimum atomic E-state index is -5.13. The number of rotatable bonds is 5. The molecule has 0 aliphatic carbocycles. The largest absolute Gasteiger partial charge is 0.790 e. The molecular formula is C6H9N2O6P-2. The molecule has 1 heterocycles. The molecule has 8 nitrogen and oxygen atoms in total. The molecule has 0 unspecified atom stereocenters. The maximum absolute atomic E-state index is 10.1. The average molecular weight is 236 g/mol. The number of hydrogen-bond donors (Lipinski definition) is 3. The molecule has 0 spiro atoms. The van der Waals surface area contributed by atoms with Gasteiger partial charge in [0.25, 0.3) is 0 Å². The molecule has 0 fully saturated rings. The quantitative estimate of drug-likeness (QED) is 0.486. The van der Waals surface area contributed by atoms with Crippen molar-refractivity contribution in [1.82, 2.24) is 9.97 Å². The molecule has 0 bridgehead atoms. The number of phosphoric ester groups is 1. The van der Waals surface area contributed by atoms with E-state index in [0.717, 1.165) is 0 Å². The highest BCUT2D eigenvalue weighted by Crippen LogP contribution is 2.26. The summed E-state index contributed by atoms with van der Waals surface area (Å²) in [5.41, 5.74) is 0.192. The summed E-state index contributed by atoms with van der Waals surface area (Å²) in [6.45, 7) is -0.801. The Hall–Kier alpha value is -0.760. The van der Waals surface area contributed by atoms with E-state index in [2.05, 4.69) is 14.5 Å². The number of H-pyrrole nitrogens is 1. The van der Waals surface area contributed by atoms with E-state index in [1.807, 2.05) is 0 Å². The Morgan fingerprint density at radius 3 is 2.73 bits per heavy atom. The number of aliphatic hydroxyl groups excluding tert-OH is 2. The maximum Gasteiger partial charge on any atom is 0.123 e. The smallest absolute Gasteiger partial charge is 0.123 e. The van der Waals surface area contributed by atoms with Gasteiger partial charge in [0.15, 0.2) is 0 Å². The number of imidazole rings is 1. The van der Waals surface area contributed by atoms with Gasteiger partial charge in [-0.3, -0.25) is 0 Å². The van der Waals surface area contributed by atoms with Gasteiger partial charge in [0.1, 0.15) is 12.2 Å². The zero-order valence-corrected chi connectivity index (χ0v) is 8.33. The van der Waals surface area contributed by atoms with Crippen LogP contribution in [0.2, 0.25) is 0 Å². The van der Waals surface area contributed by atoms with Crippen molar-refractivity contribution >= 4 is 7.82 Å². The van der Waals surface area contributed by atoms with E-state index in [1.54, 1.807) is 0 Å². The first-order chi connectivity index (χ1) is 6.90. The minimum absolute atomic E-state index is 0.192. The molecule has 15 heavy (non-hydrogen) atoms. The zero-order valence-electron chi connectivity index (χ0n) is 7.44. The van der Waals surface area contributed by atoms with E-state index in [-0.39, 0.29) is 5.69 Å². The van der Waals surface area contributed by atoms with Gasteiger partial charge < -0.3 is 34.1 Å². The Bertz CT molecular complexity index is 335. The fourth-order valence-electron chi connectivity index (χ4n) is 0.894. The molecule has 0 aliphatic rings. The van der Waals surface area contributed by atoms with Crippen LogP contribution in [-0.2, 0) is 9.09 Å². The molecule has 2 atom stereocenters. The molecule has 9 heteroatoms. The monoisotopic (exact) mass is 236 g/mol. The number of nitrogens with zero attached hydrogens (tertiary/aromatic N) is 1. The lowest BCUT2D eigenvalue weighted by Gasteiger charge is -2.30. The first kappa shape index (κ1) is 12.3. The summed E-state index contributed by atoms with van der Waals surface area (Å²) in [5.74, 6) is 0. The second-order valence-electron chi connectivity index (χ2n) is 2.76. The van der Waals surface area contributed by atoms with Gasteiger partial charge in [-0.25, -0.2) is 4.98 Å². The Morgan fingerprint density at radius 2 is 2.27 bits per heavy atom. The Morgan fingerprint density at radius 1 is 1.60 bits per heavy atom. The third-order valence-electron chi connectivity index (χ3n) is 1.61. The highest BCUT2D eigenvalue weighted by molar-refractivity contribution is 7.43. The number of hydrogen-bond acceptors (Lipinski definition) is 7. The lowest BCUT2D eigenvalue weighted by atomic mass is 10.2. The molecule has 1 aromatic rings. The summed E-state index contributed by atoms with van der Waals surface area (Å²) in [7, 11) is -5.13. The van der Waals surface area contributed by atoms with Crippen LogP contribution in [0.25, 0.3) is 0 Å². The number of aliphatic hydroxyl groups is 2. The van der Waals surface area contributed by atoms with Crippen LogP contribution in [0.15, 0.2) is 12.5 Å². The lowest BCUT2D eigenvalue weighted by Crippen LogP contribution is -2.27. The molecule has 0 radical (unpaired) electrons. The second-order valence-corrected chi connectivity index (χ2v) is 3.91. The van der Waals surface area contributed by atoms with Crippen molar-refractivity contribution in [2.24, 2.45) is 0 Å². The number of nitrogens with one attached hydrogen (secondary N) is 1. The van der Waals surface area contributed by atoms with Crippen LogP contribution >= 0.6 is 7.82 Å². The van der Waals surface area contributed by atoms with Gasteiger partial charge in [-0.2, -0.15) is 0 Å². The predicted octanol–water partition coefficient (Wildman–Crippen LogP) is -2.35. The second kappa shape index (κ2) is 4.84. The molecule has 3 N–H and O–H groups in total. The van der Waals surface area contributed by atoms with Crippen molar-refractivity contribution in [2.75, 3.05) is 6.61 Å². The van der Waals surface area contributed by atoms with Gasteiger partial charge in [0, 0.05) is 0 Å². The van der Waals surface area contributed by atoms with Crippen molar-refractivity contribution in [3.05, 3.63) is 18.2 Å². The molecule has 1 aromatic heterocycles. The summed E-state index contributed by atoms with van der Waals surface area (Å²) in [5, 5.41) is 18.6. The predicted molar refractivity (Wildman–Crippen MR) is 43.1 cm³/mol. The van der Waals surface area contributed by atoms with Crippen molar-refractivity contribution < 1.29 is 29.1 Å². The van der Waals surface area contributed by atoms with Gasteiger partial charge >= 0.3 is 0 Å². The van der Waals surface area contributed by atoms with E-state index in [4.69, 9.17) is 0 Å². The van der Waals surface area contributed by atoms with E-state index in [0.29, 0.717) is 0 Å². The van der Waals surface area contributed by atoms with Crippen LogP contribution in [0.5, 0.6) is 0 Å². The summed E-state index contributed by atoms with van der Waals surface area (Å²) in [6, 6.07) is 0. The highest BCUT2D eigenvalue weighted by atomic mass is 31.2. The summed E-state index contributed by atoms with van der Waals surface area (Å²) in [4.78, 5) is 26.3. The summed E-state index contributed by atoms with van der Waals surface area (Å²) >= 11 is 0. The lowest BCUT2D eigenvalue weighted by molar-refractivity contribution is -0.343. The molecule has 0 aliphatic heterocycles. The van der Waals surface area contributed by atoms with Crippen molar-refractivity contribution in [2.45, 2.75) is 12.2 Å². The molecule has 0 aromatic carbocycles. The molecular weight excluding hydrogens is 227 g/mol. The van der Waals surface area contributed by atoms with Crippen LogP contribution in [0.3, 0.4) is 0 Å². The molecule has 86 valence electrons. The Labute approximate surface area is 84.8 Å². The van der Waals surface area contributed by atoms with Gasteiger partial charge in [0.2, 0.25) is 0 Å². The standard InChI is InChI=1S/C6H11N2O6P/c9-5(2-14-15(11,12)13)6(10)4-1-7-3-8-4/h1,3,5-6,9-10H,2H2,(H,7,8)(H2,11,12,13)/p-2/t5-,6+/m1/s1. The zero-order chi connectivity index (χ0) is 11.5. The minimum Gasteiger partial charge on any atom is -0.790 e. The average Bonchev–Trinajstić information content (AvgIpc) is 2.64. The fourth-order valence-corrected chi connectivity index (χ4v) is 1.23. The Balaban J connectivity index is 2.47.